The molecule has 0 amide bonds. The van der Waals surface area contributed by atoms with Gasteiger partial charge in [0.05, 0.1) is 24.2 Å². The molecule has 0 radical (unpaired) electrons. The average Bonchev–Trinajstić information content (AvgIpc) is 2.02. The fourth-order valence-electron chi connectivity index (χ4n) is 6.78. The number of hydrogen-bond acceptors (Lipinski definition) is 5. The zero-order valence-electron chi connectivity index (χ0n) is 45.7. The van der Waals surface area contributed by atoms with E-state index in [0.717, 1.165) is 80.1 Å². The Morgan fingerprint density at radius 1 is 0.349 bits per heavy atom. The van der Waals surface area contributed by atoms with Crippen molar-refractivity contribution in [1.29, 1.82) is 0 Å². The maximum Gasteiger partial charge on any atom is 0.129 e. The standard InChI is InChI=1S/C13H13ClN2O.C9H5Cl2N.C5H10O.H53P51/c14-11-3-1-10-2-4-13(15-12(10)9-11)16-5-7-17-8-6-16;10-7-3-1-6-2-4-9(11)12-8(6)5-7;1-2-4-6-5-3-1;1-27-40(26)47(41(28(2)3)29(4)5)50(46(38(22)23)39(24)25)51(48(42(30(6)7)31(8)9)43(32(10)11)33(12)13)49(44(34(14)15)35(16)17)45(36(18)19)37(20)21/h1-4,9H,5-8H2;1-5H;1-5H2;27H,1-26H2. The molecule has 0 saturated carbocycles. The molecule has 2 saturated heterocycles. The Hall–Kier alpha value is 19.8. The van der Waals surface area contributed by atoms with Crippen molar-refractivity contribution in [3.63, 3.8) is 0 Å². The molecule has 0 bridgehead atoms. The Bertz CT molecular complexity index is 2360. The van der Waals surface area contributed by atoms with Crippen molar-refractivity contribution in [2.24, 2.45) is 0 Å². The first-order valence-corrected chi connectivity index (χ1v) is 117. The van der Waals surface area contributed by atoms with Gasteiger partial charge in [-0.05, 0) is 235 Å². The van der Waals surface area contributed by atoms with E-state index < -0.39 is 0 Å². The fraction of sp³-hybridized carbons (Fsp3) is 0.333. The van der Waals surface area contributed by atoms with Crippen molar-refractivity contribution in [3.05, 3.63) is 75.9 Å². The van der Waals surface area contributed by atoms with E-state index in [1.807, 2.05) is 36.4 Å². The number of fused-ring (bicyclic) bond motifs is 2. The molecular formula is C27H81Cl3N3O2P51. The zero-order chi connectivity index (χ0) is 65.0. The topological polar surface area (TPSA) is 47.5 Å². The van der Waals surface area contributed by atoms with Gasteiger partial charge in [0.25, 0.3) is 0 Å². The third-order valence-electron chi connectivity index (χ3n) is 10.1. The third kappa shape index (κ3) is 35.5. The number of anilines is 1. The van der Waals surface area contributed by atoms with Gasteiger partial charge in [-0.25, -0.2) is 9.97 Å². The van der Waals surface area contributed by atoms with Gasteiger partial charge >= 0.3 is 0 Å². The van der Waals surface area contributed by atoms with Gasteiger partial charge in [0.1, 0.15) is 11.0 Å². The molecule has 2 aliphatic rings. The number of benzene rings is 2. The average molecular weight is 2170 g/mol. The lowest BCUT2D eigenvalue weighted by Crippen LogP contribution is -2.36. The maximum atomic E-state index is 5.98. The lowest BCUT2D eigenvalue weighted by atomic mass is 10.2. The summed E-state index contributed by atoms with van der Waals surface area (Å²) in [6.07, 6.45) is 3.93. The molecular weight excluding hydrogens is 2080 g/mol. The molecule has 0 N–H and O–H groups in total. The molecule has 30 atom stereocenters. The number of nitrogens with zero attached hydrogens (tertiary/aromatic N) is 3. The second-order valence-corrected chi connectivity index (χ2v) is 225. The molecule has 5 nitrogen and oxygen atoms in total. The van der Waals surface area contributed by atoms with E-state index in [9.17, 15) is 0 Å². The van der Waals surface area contributed by atoms with Crippen molar-refractivity contribution in [2.75, 3.05) is 44.4 Å². The summed E-state index contributed by atoms with van der Waals surface area (Å²) >= 11 is 17.5. The van der Waals surface area contributed by atoms with Crippen LogP contribution in [0.5, 0.6) is 0 Å². The van der Waals surface area contributed by atoms with E-state index in [-0.39, 0.29) is 168 Å². The van der Waals surface area contributed by atoms with Crippen molar-refractivity contribution < 1.29 is 9.47 Å². The molecule has 86 heavy (non-hydrogen) atoms. The molecule has 4 aromatic rings. The fourth-order valence-corrected chi connectivity index (χ4v) is 728. The van der Waals surface area contributed by atoms with Crippen molar-refractivity contribution in [2.45, 2.75) is 19.3 Å². The van der Waals surface area contributed by atoms with Gasteiger partial charge < -0.3 is 14.4 Å². The van der Waals surface area contributed by atoms with Gasteiger partial charge in [0.2, 0.25) is 0 Å². The SMILES string of the molecule is C1CCOCC1.Clc1ccc2ccc(Cl)nc2c1.Clc1ccc2ccc(N3CCOCC3)nc2c1.PPP(P)P(P(P(P)P)P(P)P)P(P(P(P)P)P(P)P)P(P(P(P(P)P)P(P)P)P(P(P)P)P(P)P)P(P(P(P)P)P(P)P)P(P(P)P)P(P)P. The molecule has 0 aliphatic carbocycles. The first kappa shape index (κ1) is 100.0. The van der Waals surface area contributed by atoms with Crippen LogP contribution in [0.2, 0.25) is 15.2 Å². The number of morpholine rings is 1. The Balaban J connectivity index is 0.000000430. The molecule has 0 spiro atoms. The van der Waals surface area contributed by atoms with E-state index in [0.29, 0.717) is 10.2 Å². The lowest BCUT2D eigenvalue weighted by Gasteiger charge is -2.58. The molecule has 6 rings (SSSR count). The second-order valence-electron chi connectivity index (χ2n) is 16.2. The molecule has 4 heterocycles. The number of hydrogen-bond donors (Lipinski definition) is 0. The van der Waals surface area contributed by atoms with Gasteiger partial charge in [0, 0.05) is 47.1 Å². The van der Waals surface area contributed by atoms with Crippen LogP contribution in [-0.4, -0.2) is 49.5 Å². The van der Waals surface area contributed by atoms with Crippen molar-refractivity contribution in [3.8, 4) is 0 Å². The van der Waals surface area contributed by atoms with Crippen LogP contribution in [0.4, 0.5) is 5.82 Å². The highest BCUT2D eigenvalue weighted by atomic mass is 35.5. The number of pyridine rings is 2. The summed E-state index contributed by atoms with van der Waals surface area (Å²) in [5, 5.41) is 4.06. The molecule has 30 unspecified atom stereocenters. The second kappa shape index (κ2) is 55.4. The van der Waals surface area contributed by atoms with E-state index in [1.165, 1.54) is 19.3 Å². The Labute approximate surface area is 621 Å². The van der Waals surface area contributed by atoms with Gasteiger partial charge in [-0.3, -0.25) is 0 Å². The quantitative estimate of drug-likeness (QED) is 0.0489. The van der Waals surface area contributed by atoms with E-state index >= 15 is 0 Å². The van der Waals surface area contributed by atoms with Crippen LogP contribution in [0.25, 0.3) is 21.8 Å². The minimum absolute atomic E-state index is 0.0891. The maximum absolute atomic E-state index is 5.98. The van der Waals surface area contributed by atoms with Crippen LogP contribution in [0, 0.1) is 0 Å². The largest absolute Gasteiger partial charge is 0.381 e. The van der Waals surface area contributed by atoms with Crippen LogP contribution in [-0.2, 0) is 9.47 Å². The van der Waals surface area contributed by atoms with Gasteiger partial charge in [-0.15, -0.1) is 232 Å². The number of ether oxygens (including phenoxy) is 2. The summed E-state index contributed by atoms with van der Waals surface area (Å²) in [5.74, 6) is 1.00. The number of aromatic nitrogens is 2. The molecule has 2 aliphatic heterocycles. The van der Waals surface area contributed by atoms with Gasteiger partial charge in [-0.1, -0.05) is 54.9 Å². The minimum Gasteiger partial charge on any atom is -0.381 e. The highest BCUT2D eigenvalue weighted by Crippen LogP contribution is 3.46. The Morgan fingerprint density at radius 3 is 0.953 bits per heavy atom. The van der Waals surface area contributed by atoms with Gasteiger partial charge in [0.15, 0.2) is 0 Å². The first-order chi connectivity index (χ1) is 40.3. The highest BCUT2D eigenvalue weighted by molar-refractivity contribution is 9.52. The first-order valence-electron chi connectivity index (χ1n) is 23.3. The Morgan fingerprint density at radius 2 is 0.640 bits per heavy atom. The molecule has 2 aromatic carbocycles. The third-order valence-corrected chi connectivity index (χ3v) is 363. The molecule has 2 fully saturated rings. The summed E-state index contributed by atoms with van der Waals surface area (Å²) in [5.41, 5.74) is 1.77. The van der Waals surface area contributed by atoms with Crippen LogP contribution in [0.3, 0.4) is 0 Å². The molecule has 59 heteroatoms. The number of rotatable bonds is 25. The summed E-state index contributed by atoms with van der Waals surface area (Å²) in [7, 11) is 91.7. The smallest absolute Gasteiger partial charge is 0.129 e. The van der Waals surface area contributed by atoms with Crippen molar-refractivity contribution in [1.82, 2.24) is 9.97 Å². The summed E-state index contributed by atoms with van der Waals surface area (Å²) in [6.45, 7) is 1.53. The number of halogens is 3. The van der Waals surface area contributed by atoms with Gasteiger partial charge in [-0.2, -0.15) is 0 Å². The van der Waals surface area contributed by atoms with E-state index in [1.54, 1.807) is 12.1 Å². The van der Waals surface area contributed by atoms with E-state index in [2.05, 4.69) is 259 Å². The normalized spacial score (nSPS) is 16.0. The van der Waals surface area contributed by atoms with Crippen LogP contribution in [0.15, 0.2) is 60.7 Å². The summed E-state index contributed by atoms with van der Waals surface area (Å²) < 4.78 is 10.4. The predicted octanol–water partition coefficient (Wildman–Crippen LogP) is 37.2. The van der Waals surface area contributed by atoms with Crippen LogP contribution in [0.1, 0.15) is 19.3 Å². The lowest BCUT2D eigenvalue weighted by molar-refractivity contribution is 0.0968. The minimum atomic E-state index is -0.200. The monoisotopic (exact) mass is 2160 g/mol. The predicted molar refractivity (Wildman–Crippen MR) is 573 cm³/mol. The summed E-state index contributed by atoms with van der Waals surface area (Å²) in [6, 6.07) is 19.2. The van der Waals surface area contributed by atoms with Crippen molar-refractivity contribution >= 4 is 470 Å². The Kier molecular flexibility index (Phi) is 64.4. The van der Waals surface area contributed by atoms with Crippen LogP contribution >= 0.6 is 443 Å². The van der Waals surface area contributed by atoms with Crippen LogP contribution < -0.4 is 4.90 Å². The van der Waals surface area contributed by atoms with E-state index in [4.69, 9.17) is 44.3 Å². The highest BCUT2D eigenvalue weighted by Gasteiger charge is 2.59. The molecule has 2 aromatic heterocycles. The zero-order valence-corrected chi connectivity index (χ0v) is 100. The summed E-state index contributed by atoms with van der Waals surface area (Å²) in [4.78, 5) is 11.0. The molecule has 492 valence electrons.